The summed E-state index contributed by atoms with van der Waals surface area (Å²) in [7, 11) is 0. The quantitative estimate of drug-likeness (QED) is 0.230. The molecule has 0 spiro atoms. The van der Waals surface area contributed by atoms with Crippen molar-refractivity contribution < 1.29 is 59.6 Å². The van der Waals surface area contributed by atoms with Gasteiger partial charge in [-0.1, -0.05) is 44.0 Å². The van der Waals surface area contributed by atoms with Crippen molar-refractivity contribution in [2.45, 2.75) is 58.7 Å². The fourth-order valence-corrected chi connectivity index (χ4v) is 4.57. The van der Waals surface area contributed by atoms with Gasteiger partial charge in [0.15, 0.2) is 0 Å². The molecule has 252 valence electrons. The van der Waals surface area contributed by atoms with E-state index >= 15 is 0 Å². The van der Waals surface area contributed by atoms with E-state index in [-0.39, 0.29) is 28.4 Å². The summed E-state index contributed by atoms with van der Waals surface area (Å²) < 4.78 is 106. The van der Waals surface area contributed by atoms with Crippen molar-refractivity contribution in [3.05, 3.63) is 62.4 Å². The number of benzene rings is 2. The number of esters is 1. The number of carboxylic acid groups (broad SMARTS) is 1. The second-order valence-corrected chi connectivity index (χ2v) is 12.0. The Hall–Kier alpha value is -3.65. The summed E-state index contributed by atoms with van der Waals surface area (Å²) >= 11 is 11.7. The number of nitrogens with one attached hydrogen (secondary N) is 1. The number of anilines is 1. The minimum atomic E-state index is -4.92. The zero-order chi connectivity index (χ0) is 34.8. The lowest BCUT2D eigenvalue weighted by atomic mass is 9.92. The molecular formula is C30H28Cl2F7NO6. The largest absolute Gasteiger partial charge is 0.478 e. The molecule has 16 heteroatoms. The van der Waals surface area contributed by atoms with E-state index in [2.05, 4.69) is 30.8 Å². The molecule has 2 aliphatic rings. The van der Waals surface area contributed by atoms with Gasteiger partial charge >= 0.3 is 24.3 Å². The molecule has 0 radical (unpaired) electrons. The van der Waals surface area contributed by atoms with Crippen LogP contribution in [0.4, 0.5) is 36.4 Å². The Morgan fingerprint density at radius 3 is 1.87 bits per heavy atom. The summed E-state index contributed by atoms with van der Waals surface area (Å²) in [5, 5.41) is 11.9. The Morgan fingerprint density at radius 1 is 0.870 bits per heavy atom. The average Bonchev–Trinajstić information content (AvgIpc) is 2.91. The van der Waals surface area contributed by atoms with E-state index in [4.69, 9.17) is 37.8 Å². The normalized spacial score (nSPS) is 17.5. The van der Waals surface area contributed by atoms with E-state index < -0.39 is 59.2 Å². The molecule has 2 aromatic carbocycles. The van der Waals surface area contributed by atoms with Gasteiger partial charge in [0.05, 0.1) is 33.5 Å². The van der Waals surface area contributed by atoms with Gasteiger partial charge in [-0.2, -0.15) is 26.3 Å². The number of ether oxygens (including phenoxy) is 3. The van der Waals surface area contributed by atoms with Gasteiger partial charge < -0.3 is 24.6 Å². The number of halogens is 9. The van der Waals surface area contributed by atoms with Crippen LogP contribution in [0, 0.1) is 11.2 Å². The van der Waals surface area contributed by atoms with E-state index in [1.807, 2.05) is 0 Å². The number of carbonyl (C=O) groups is 2. The van der Waals surface area contributed by atoms with Gasteiger partial charge in [0.1, 0.15) is 17.3 Å². The van der Waals surface area contributed by atoms with Gasteiger partial charge in [-0.05, 0) is 43.0 Å². The maximum Gasteiger partial charge on any atom is 0.430 e. The lowest BCUT2D eigenvalue weighted by Gasteiger charge is -2.28. The molecule has 2 aromatic rings. The number of alkyl halides is 6. The van der Waals surface area contributed by atoms with Crippen molar-refractivity contribution in [2.24, 2.45) is 5.41 Å². The molecule has 2 unspecified atom stereocenters. The molecule has 0 aliphatic carbocycles. The van der Waals surface area contributed by atoms with Crippen LogP contribution < -0.4 is 14.8 Å². The van der Waals surface area contributed by atoms with Crippen molar-refractivity contribution in [2.75, 3.05) is 18.5 Å². The van der Waals surface area contributed by atoms with Crippen LogP contribution in [0.2, 0.25) is 10.0 Å². The minimum Gasteiger partial charge on any atom is -0.478 e. The number of rotatable bonds is 6. The Bertz CT molecular complexity index is 1550. The highest BCUT2D eigenvalue weighted by molar-refractivity contribution is 6.33. The second-order valence-electron chi connectivity index (χ2n) is 11.2. The zero-order valence-corrected chi connectivity index (χ0v) is 26.1. The fraction of sp³-hybridized carbons (Fsp3) is 0.400. The molecule has 4 rings (SSSR count). The van der Waals surface area contributed by atoms with Crippen LogP contribution in [0.15, 0.2) is 35.4 Å². The van der Waals surface area contributed by atoms with Crippen LogP contribution in [0.25, 0.3) is 12.2 Å². The Balaban J connectivity index is 0.000000266. The van der Waals surface area contributed by atoms with E-state index in [0.29, 0.717) is 28.9 Å². The SMILES string of the molecule is CCOC(=O)C1=Cc2cc(Cl)c(NCCC(C)(C)C)cc2OC1C(F)(F)F.O=C(O)C1=Cc2cc(Cl)c(F)cc2OC1C(F)(F)F. The van der Waals surface area contributed by atoms with Crippen LogP contribution in [0.5, 0.6) is 11.5 Å². The van der Waals surface area contributed by atoms with Crippen molar-refractivity contribution in [1.82, 2.24) is 0 Å². The molecule has 0 saturated carbocycles. The molecule has 0 amide bonds. The van der Waals surface area contributed by atoms with Crippen LogP contribution in [0.3, 0.4) is 0 Å². The first-order valence-corrected chi connectivity index (χ1v) is 14.2. The van der Waals surface area contributed by atoms with Gasteiger partial charge in [0.2, 0.25) is 12.2 Å². The molecule has 0 fully saturated rings. The Morgan fingerprint density at radius 2 is 1.37 bits per heavy atom. The first-order valence-electron chi connectivity index (χ1n) is 13.5. The lowest BCUT2D eigenvalue weighted by Crippen LogP contribution is -2.40. The highest BCUT2D eigenvalue weighted by atomic mass is 35.5. The van der Waals surface area contributed by atoms with Crippen LogP contribution in [-0.2, 0) is 14.3 Å². The average molecular weight is 702 g/mol. The van der Waals surface area contributed by atoms with E-state index in [1.54, 1.807) is 0 Å². The topological polar surface area (TPSA) is 94.1 Å². The monoisotopic (exact) mass is 701 g/mol. The van der Waals surface area contributed by atoms with Gasteiger partial charge in [0, 0.05) is 29.8 Å². The summed E-state index contributed by atoms with van der Waals surface area (Å²) in [5.41, 5.74) is -0.727. The summed E-state index contributed by atoms with van der Waals surface area (Å²) in [5.74, 6) is -4.18. The summed E-state index contributed by atoms with van der Waals surface area (Å²) in [4.78, 5) is 22.8. The predicted molar refractivity (Wildman–Crippen MR) is 157 cm³/mol. The zero-order valence-electron chi connectivity index (χ0n) is 24.6. The van der Waals surface area contributed by atoms with E-state index in [1.165, 1.54) is 19.1 Å². The van der Waals surface area contributed by atoms with Gasteiger partial charge in [0.25, 0.3) is 0 Å². The summed E-state index contributed by atoms with van der Waals surface area (Å²) in [6.07, 6.45) is -12.0. The third kappa shape index (κ3) is 9.21. The fourth-order valence-electron chi connectivity index (χ4n) is 4.16. The van der Waals surface area contributed by atoms with Gasteiger partial charge in [-0.25, -0.2) is 14.0 Å². The molecule has 2 heterocycles. The Labute approximate surface area is 268 Å². The molecule has 7 nitrogen and oxygen atoms in total. The molecule has 2 aliphatic heterocycles. The molecular weight excluding hydrogens is 674 g/mol. The smallest absolute Gasteiger partial charge is 0.430 e. The summed E-state index contributed by atoms with van der Waals surface area (Å²) in [6, 6.07) is 4.59. The first kappa shape index (κ1) is 36.8. The third-order valence-electron chi connectivity index (χ3n) is 6.37. The standard InChI is InChI=1S/C19H23ClF3NO3.C11H5ClF4O3/c1-5-26-17(25)12-8-11-9-13(20)14(24-7-6-18(2,3)4)10-15(11)27-16(12)19(21,22)23;12-6-2-4-1-5(10(17)18)9(11(14,15)16)19-8(4)3-7(6)13/h8-10,16,24H,5-7H2,1-4H3;1-3,9H,(H,17,18). The van der Waals surface area contributed by atoms with Gasteiger partial charge in [-0.3, -0.25) is 0 Å². The van der Waals surface area contributed by atoms with Crippen molar-refractivity contribution in [3.8, 4) is 11.5 Å². The maximum atomic E-state index is 13.4. The van der Waals surface area contributed by atoms with Gasteiger partial charge in [-0.15, -0.1) is 0 Å². The van der Waals surface area contributed by atoms with Crippen molar-refractivity contribution in [3.63, 3.8) is 0 Å². The van der Waals surface area contributed by atoms with Crippen LogP contribution in [0.1, 0.15) is 45.2 Å². The number of hydrogen-bond donors (Lipinski definition) is 2. The highest BCUT2D eigenvalue weighted by Gasteiger charge is 2.49. The molecule has 0 aromatic heterocycles. The molecule has 0 saturated heterocycles. The number of hydrogen-bond acceptors (Lipinski definition) is 6. The van der Waals surface area contributed by atoms with Crippen LogP contribution >= 0.6 is 23.2 Å². The second kappa shape index (κ2) is 14.0. The van der Waals surface area contributed by atoms with E-state index in [0.717, 1.165) is 24.6 Å². The number of fused-ring (bicyclic) bond motifs is 2. The Kier molecular flexibility index (Phi) is 11.2. The number of aliphatic carboxylic acids is 1. The minimum absolute atomic E-state index is 0.00744. The third-order valence-corrected chi connectivity index (χ3v) is 6.97. The maximum absolute atomic E-state index is 13.4. The number of carboxylic acids is 1. The predicted octanol–water partition coefficient (Wildman–Crippen LogP) is 8.73. The molecule has 0 bridgehead atoms. The highest BCUT2D eigenvalue weighted by Crippen LogP contribution is 2.42. The van der Waals surface area contributed by atoms with Crippen molar-refractivity contribution in [1.29, 1.82) is 0 Å². The lowest BCUT2D eigenvalue weighted by molar-refractivity contribution is -0.187. The first-order chi connectivity index (χ1) is 21.1. The molecule has 46 heavy (non-hydrogen) atoms. The van der Waals surface area contributed by atoms with Crippen LogP contribution in [-0.4, -0.2) is 54.8 Å². The number of carbonyl (C=O) groups excluding carboxylic acids is 1. The summed E-state index contributed by atoms with van der Waals surface area (Å²) in [6.45, 7) is 8.34. The van der Waals surface area contributed by atoms with Crippen molar-refractivity contribution >= 4 is 53.0 Å². The molecule has 2 atom stereocenters. The molecule has 2 N–H and O–H groups in total. The van der Waals surface area contributed by atoms with E-state index in [9.17, 15) is 40.3 Å².